The van der Waals surface area contributed by atoms with Crippen LogP contribution in [-0.2, 0) is 57.0 Å². The van der Waals surface area contributed by atoms with Crippen LogP contribution in [0.1, 0.15) is 129 Å². The number of nitrogens with zero attached hydrogens (tertiary/aromatic N) is 12. The predicted octanol–water partition coefficient (Wildman–Crippen LogP) is 15.7. The molecule has 1 fully saturated rings. The fourth-order valence-electron chi connectivity index (χ4n) is 16.9. The lowest BCUT2D eigenvalue weighted by Crippen LogP contribution is -2.46. The molecule has 758 valence electrons. The van der Waals surface area contributed by atoms with Crippen molar-refractivity contribution in [1.82, 2.24) is 79.3 Å². The first kappa shape index (κ1) is 109. The number of likely N-dealkylation sites (N-methyl/N-ethyl adjacent to an activating group) is 1. The van der Waals surface area contributed by atoms with E-state index in [1.165, 1.54) is 25.5 Å². The van der Waals surface area contributed by atoms with E-state index < -0.39 is 94.9 Å². The summed E-state index contributed by atoms with van der Waals surface area (Å²) >= 11 is 0. The molecule has 4 heterocycles. The van der Waals surface area contributed by atoms with Crippen LogP contribution in [0.3, 0.4) is 0 Å². The van der Waals surface area contributed by atoms with Gasteiger partial charge in [0.05, 0.1) is 124 Å². The van der Waals surface area contributed by atoms with Crippen LogP contribution in [0.5, 0.6) is 17.2 Å². The van der Waals surface area contributed by atoms with Gasteiger partial charge in [-0.15, -0.1) is 0 Å². The maximum atomic E-state index is 14.6. The van der Waals surface area contributed by atoms with E-state index in [1.54, 1.807) is 177 Å². The Balaban J connectivity index is 0.000000204. The summed E-state index contributed by atoms with van der Waals surface area (Å²) < 4.78 is 184. The molecule has 0 radical (unpaired) electrons. The Labute approximate surface area is 814 Å². The van der Waals surface area contributed by atoms with Crippen LogP contribution in [0.15, 0.2) is 215 Å². The molecule has 1 aliphatic heterocycles. The van der Waals surface area contributed by atoms with Gasteiger partial charge in [0.1, 0.15) is 52.2 Å². The molecular formula is C104H118F12N16O10. The number of rotatable bonds is 41. The number of carbonyl (C=O) groups excluding carboxylic acids is 4. The van der Waals surface area contributed by atoms with Crippen molar-refractivity contribution in [3.63, 3.8) is 0 Å². The van der Waals surface area contributed by atoms with Gasteiger partial charge in [-0.25, -0.2) is 28.1 Å². The number of amides is 4. The van der Waals surface area contributed by atoms with E-state index in [-0.39, 0.29) is 90.5 Å². The molecular weight excluding hydrogens is 1860 g/mol. The maximum absolute atomic E-state index is 14.6. The average molecular weight is 1980 g/mol. The largest absolute Gasteiger partial charge is 0.494 e. The number of piperazine rings is 1. The average Bonchev–Trinajstić information content (AvgIpc) is 0.763. The summed E-state index contributed by atoms with van der Waals surface area (Å²) in [6.07, 6.45) is -13.5. The van der Waals surface area contributed by atoms with Crippen molar-refractivity contribution in [2.45, 2.75) is 116 Å². The molecule has 12 aromatic rings. The van der Waals surface area contributed by atoms with Crippen molar-refractivity contribution < 1.29 is 86.1 Å². The fourth-order valence-corrected chi connectivity index (χ4v) is 16.9. The third kappa shape index (κ3) is 28.7. The van der Waals surface area contributed by atoms with E-state index in [0.29, 0.717) is 175 Å². The highest BCUT2D eigenvalue weighted by atomic mass is 19.4. The molecule has 0 bridgehead atoms. The number of hydrogen-bond donors (Lipinski definition) is 4. The molecule has 3 aromatic heterocycles. The molecule has 3 atom stereocenters. The van der Waals surface area contributed by atoms with E-state index in [2.05, 4.69) is 38.1 Å². The number of hydrogen-bond acceptors (Lipinski definition) is 19. The molecule has 13 rings (SSSR count). The second-order valence-electron chi connectivity index (χ2n) is 34.3. The molecule has 9 aromatic carbocycles. The number of fused-ring (bicyclic) bond motifs is 3. The fraction of sp³-hybridized carbons (Fsp3) is 0.385. The van der Waals surface area contributed by atoms with E-state index in [0.717, 1.165) is 63.1 Å². The first-order chi connectivity index (χ1) is 67.9. The van der Waals surface area contributed by atoms with Crippen LogP contribution >= 0.6 is 0 Å². The summed E-state index contributed by atoms with van der Waals surface area (Å²) in [5, 5.41) is 13.1. The molecule has 1 aliphatic rings. The van der Waals surface area contributed by atoms with Crippen molar-refractivity contribution in [2.75, 3.05) is 147 Å². The van der Waals surface area contributed by atoms with Gasteiger partial charge in [-0.3, -0.25) is 47.3 Å². The lowest BCUT2D eigenvalue weighted by atomic mass is 10.0. The molecule has 26 nitrogen and oxygen atoms in total. The zero-order chi connectivity index (χ0) is 103. The molecule has 4 N–H and O–H groups in total. The van der Waals surface area contributed by atoms with Crippen LogP contribution in [0.25, 0.3) is 49.8 Å². The van der Waals surface area contributed by atoms with Gasteiger partial charge in [0.15, 0.2) is 0 Å². The Hall–Kier alpha value is -13.4. The van der Waals surface area contributed by atoms with Crippen molar-refractivity contribution in [3.8, 4) is 34.3 Å². The molecule has 4 amide bonds. The van der Waals surface area contributed by atoms with Gasteiger partial charge in [0.25, 0.3) is 16.7 Å². The van der Waals surface area contributed by atoms with Crippen molar-refractivity contribution in [1.29, 1.82) is 0 Å². The summed E-state index contributed by atoms with van der Waals surface area (Å²) in [5.74, 6) is -3.33. The second kappa shape index (κ2) is 50.8. The summed E-state index contributed by atoms with van der Waals surface area (Å²) in [6.45, 7) is 15.2. The Kier molecular flexibility index (Phi) is 39.0. The minimum Gasteiger partial charge on any atom is -0.494 e. The number of nitrogens with one attached hydrogen (secondary N) is 4. The van der Waals surface area contributed by atoms with Crippen LogP contribution < -0.4 is 52.2 Å². The molecule has 1 saturated heterocycles. The van der Waals surface area contributed by atoms with Gasteiger partial charge in [-0.2, -0.15) is 39.5 Å². The van der Waals surface area contributed by atoms with Crippen LogP contribution in [-0.4, -0.2) is 229 Å². The number of aromatic nitrogens is 6. The topological polar surface area (TPSA) is 268 Å². The van der Waals surface area contributed by atoms with Gasteiger partial charge in [-0.1, -0.05) is 54.6 Å². The third-order valence-electron chi connectivity index (χ3n) is 23.9. The number of halogens is 12. The molecule has 0 saturated carbocycles. The predicted molar refractivity (Wildman–Crippen MR) is 520 cm³/mol. The van der Waals surface area contributed by atoms with Gasteiger partial charge in [0.2, 0.25) is 23.6 Å². The highest BCUT2D eigenvalue weighted by Crippen LogP contribution is 2.38. The second-order valence-corrected chi connectivity index (χ2v) is 34.3. The summed E-state index contributed by atoms with van der Waals surface area (Å²) in [7, 11) is 11.2. The van der Waals surface area contributed by atoms with E-state index in [1.807, 2.05) is 39.8 Å². The van der Waals surface area contributed by atoms with Crippen LogP contribution in [0.2, 0.25) is 0 Å². The lowest BCUT2D eigenvalue weighted by molar-refractivity contribution is -0.140. The van der Waals surface area contributed by atoms with E-state index >= 15 is 0 Å². The summed E-state index contributed by atoms with van der Waals surface area (Å²) in [6, 6.07) is 46.9. The number of carbonyl (C=O) groups is 4. The number of para-hydroxylation sites is 3. The molecule has 0 aliphatic carbocycles. The monoisotopic (exact) mass is 1980 g/mol. The number of benzene rings is 9. The Morgan fingerprint density at radius 2 is 0.704 bits per heavy atom. The maximum Gasteiger partial charge on any atom is 0.419 e. The van der Waals surface area contributed by atoms with Crippen molar-refractivity contribution in [2.24, 2.45) is 0 Å². The highest BCUT2D eigenvalue weighted by molar-refractivity contribution is 5.84. The molecule has 3 unspecified atom stereocenters. The summed E-state index contributed by atoms with van der Waals surface area (Å²) in [5.41, 5.74) is -2.08. The smallest absolute Gasteiger partial charge is 0.419 e. The third-order valence-corrected chi connectivity index (χ3v) is 23.9. The van der Waals surface area contributed by atoms with Crippen LogP contribution in [0.4, 0.5) is 52.7 Å². The lowest BCUT2D eigenvalue weighted by Gasteiger charge is -2.35. The Bertz CT molecular complexity index is 6460. The van der Waals surface area contributed by atoms with Gasteiger partial charge in [-0.05, 0) is 290 Å². The zero-order valence-electron chi connectivity index (χ0n) is 80.7. The summed E-state index contributed by atoms with van der Waals surface area (Å²) in [4.78, 5) is 123. The van der Waals surface area contributed by atoms with E-state index in [9.17, 15) is 86.2 Å². The van der Waals surface area contributed by atoms with Gasteiger partial charge in [0, 0.05) is 59.3 Å². The van der Waals surface area contributed by atoms with Gasteiger partial charge < -0.3 is 64.9 Å². The Morgan fingerprint density at radius 3 is 0.986 bits per heavy atom. The molecule has 142 heavy (non-hydrogen) atoms. The van der Waals surface area contributed by atoms with E-state index in [4.69, 9.17) is 29.2 Å². The first-order valence-electron chi connectivity index (χ1n) is 46.8. The first-order valence-corrected chi connectivity index (χ1v) is 46.8. The highest BCUT2D eigenvalue weighted by Gasteiger charge is 2.40. The van der Waals surface area contributed by atoms with Crippen molar-refractivity contribution in [3.05, 3.63) is 300 Å². The van der Waals surface area contributed by atoms with Crippen molar-refractivity contribution >= 4 is 56.3 Å². The molecule has 38 heteroatoms. The number of ether oxygens (including phenoxy) is 3. The standard InChI is InChI=1S/C37H44F4N6O3.C34H39F4N5O3.C33H35F4N5O4/c1-4-50-28-13-11-27(12-14-28)47-35(43-32-9-6-5-8-29(32)36(47)49)33(16-17-42-2)46(19-7-18-45-22-20-44(3)21-23-45)34(48)25-26-10-15-30(31(38)24-26)37(39,40)41;1-5-46-25-14-12-24(13-15-25)43-32(40-29-10-7-6-9-26(29)33(43)45)30(17-18-39-2)42(20-8-19-41(3)4)31(44)22-23-11-16-27(28(35)21-23)34(36,37)38;1-4-46-24-12-10-23(11-13-24)42-31(40-28-8-6-5-7-25(28)32(42)45)29(15-16-38-3)41(18-17-39-21(2)43)30(44)20-22-9-14-26(27(34)19-22)33(35,36)37/h5-6,8-15,24,33,42H,4,7,16-23,25H2,1-3H3;6-7,9-16,21,30,39H,5,8,17-20,22H2,1-4H3;5-14,19,29,38H,4,15-18,20H2,1-3H3,(H,39,43). The Morgan fingerprint density at radius 1 is 0.401 bits per heavy atom. The number of alkyl halides is 9. The quantitative estimate of drug-likeness (QED) is 0.0259. The zero-order valence-corrected chi connectivity index (χ0v) is 80.7. The molecule has 0 spiro atoms. The minimum absolute atomic E-state index is 0.0259. The van der Waals surface area contributed by atoms with Crippen LogP contribution in [0, 0.1) is 17.5 Å². The van der Waals surface area contributed by atoms with Gasteiger partial charge >= 0.3 is 18.5 Å². The minimum atomic E-state index is -4.89. The SMILES string of the molecule is CCOc1ccc(-n2c(C(CCNC)N(CCCN(C)C)C(=O)Cc3ccc(C(F)(F)F)c(F)c3)nc3ccccc3c2=O)cc1.CCOc1ccc(-n2c(C(CCNC)N(CCCN3CCN(C)CC3)C(=O)Cc3ccc(C(F)(F)F)c(F)c3)nc3ccccc3c2=O)cc1.CCOc1ccc(-n2c(C(CCNC)N(CCNC(C)=O)C(=O)Cc3ccc(C(F)(F)F)c(F)c3)nc3ccccc3c2=O)cc1. The normalized spacial score (nSPS) is 13.2.